The zero-order valence-electron chi connectivity index (χ0n) is 14.3. The van der Waals surface area contributed by atoms with E-state index in [4.69, 9.17) is 4.42 Å². The minimum Gasteiger partial charge on any atom is -0.465 e. The molecule has 1 amide bonds. The predicted octanol–water partition coefficient (Wildman–Crippen LogP) is 2.11. The molecule has 0 saturated carbocycles. The standard InChI is InChI=1S/C16H26N2O4S/c1-11(2)15-8-14(12(3)22-15)16(19)17-9-13-6-5-7-18(10-13)23(4,20)21/h8,11,13H,5-7,9-10H2,1-4H3,(H,17,19)/t13-/m0/s1. The summed E-state index contributed by atoms with van der Waals surface area (Å²) in [5.41, 5.74) is 0.560. The number of furan rings is 1. The van der Waals surface area contributed by atoms with Crippen LogP contribution in [0.1, 0.15) is 54.5 Å². The van der Waals surface area contributed by atoms with E-state index in [1.54, 1.807) is 13.0 Å². The lowest BCUT2D eigenvalue weighted by molar-refractivity contribution is 0.0940. The smallest absolute Gasteiger partial charge is 0.254 e. The molecular formula is C16H26N2O4S. The first-order valence-electron chi connectivity index (χ1n) is 8.02. The summed E-state index contributed by atoms with van der Waals surface area (Å²) in [7, 11) is -3.16. The van der Waals surface area contributed by atoms with Gasteiger partial charge in [0, 0.05) is 25.6 Å². The number of hydrogen-bond acceptors (Lipinski definition) is 4. The zero-order valence-corrected chi connectivity index (χ0v) is 15.1. The fourth-order valence-electron chi connectivity index (χ4n) is 2.84. The van der Waals surface area contributed by atoms with Crippen molar-refractivity contribution in [2.75, 3.05) is 25.9 Å². The molecule has 0 unspecified atom stereocenters. The van der Waals surface area contributed by atoms with Gasteiger partial charge in [0.1, 0.15) is 11.5 Å². The number of hydrogen-bond donors (Lipinski definition) is 1. The topological polar surface area (TPSA) is 79.6 Å². The summed E-state index contributed by atoms with van der Waals surface area (Å²) < 4.78 is 30.4. The largest absolute Gasteiger partial charge is 0.465 e. The first kappa shape index (κ1) is 18.0. The van der Waals surface area contributed by atoms with Crippen LogP contribution in [0.4, 0.5) is 0 Å². The molecule has 0 aromatic carbocycles. The van der Waals surface area contributed by atoms with Gasteiger partial charge < -0.3 is 9.73 Å². The van der Waals surface area contributed by atoms with Crippen molar-refractivity contribution >= 4 is 15.9 Å². The highest BCUT2D eigenvalue weighted by Crippen LogP contribution is 2.22. The third-order valence-corrected chi connectivity index (χ3v) is 5.52. The Kier molecular flexibility index (Phi) is 5.52. The van der Waals surface area contributed by atoms with Gasteiger partial charge >= 0.3 is 0 Å². The Morgan fingerprint density at radius 1 is 1.48 bits per heavy atom. The van der Waals surface area contributed by atoms with Crippen LogP contribution in [0.5, 0.6) is 0 Å². The van der Waals surface area contributed by atoms with Gasteiger partial charge in [-0.3, -0.25) is 4.79 Å². The van der Waals surface area contributed by atoms with Crippen molar-refractivity contribution in [3.63, 3.8) is 0 Å². The average molecular weight is 342 g/mol. The van der Waals surface area contributed by atoms with Crippen LogP contribution in [0.25, 0.3) is 0 Å². The Bertz CT molecular complexity index is 664. The third kappa shape index (κ3) is 4.57. The Hall–Kier alpha value is -1.34. The second kappa shape index (κ2) is 7.05. The third-order valence-electron chi connectivity index (χ3n) is 4.25. The molecule has 0 spiro atoms. The molecule has 130 valence electrons. The van der Waals surface area contributed by atoms with E-state index in [9.17, 15) is 13.2 Å². The van der Waals surface area contributed by atoms with E-state index in [0.717, 1.165) is 18.6 Å². The Morgan fingerprint density at radius 2 is 2.17 bits per heavy atom. The van der Waals surface area contributed by atoms with E-state index in [0.29, 0.717) is 31.0 Å². The van der Waals surface area contributed by atoms with Crippen molar-refractivity contribution < 1.29 is 17.6 Å². The molecule has 1 aliphatic heterocycles. The van der Waals surface area contributed by atoms with Crippen LogP contribution in [0.3, 0.4) is 0 Å². The summed E-state index contributed by atoms with van der Waals surface area (Å²) in [6.45, 7) is 7.34. The molecule has 0 aliphatic carbocycles. The molecule has 0 radical (unpaired) electrons. The fraction of sp³-hybridized carbons (Fsp3) is 0.688. The molecule has 1 aromatic rings. The molecule has 2 rings (SSSR count). The van der Waals surface area contributed by atoms with Crippen molar-refractivity contribution in [2.24, 2.45) is 5.92 Å². The molecule has 1 saturated heterocycles. The summed E-state index contributed by atoms with van der Waals surface area (Å²) in [6, 6.07) is 1.79. The first-order chi connectivity index (χ1) is 10.7. The van der Waals surface area contributed by atoms with Gasteiger partial charge in [0.2, 0.25) is 10.0 Å². The first-order valence-corrected chi connectivity index (χ1v) is 9.87. The van der Waals surface area contributed by atoms with Gasteiger partial charge in [-0.1, -0.05) is 13.8 Å². The van der Waals surface area contributed by atoms with Gasteiger partial charge in [-0.05, 0) is 31.7 Å². The molecule has 2 heterocycles. The van der Waals surface area contributed by atoms with E-state index in [1.165, 1.54) is 10.6 Å². The second-order valence-electron chi connectivity index (χ2n) is 6.61. The van der Waals surface area contributed by atoms with Crippen LogP contribution >= 0.6 is 0 Å². The quantitative estimate of drug-likeness (QED) is 0.889. The number of rotatable bonds is 5. The molecule has 6 nitrogen and oxygen atoms in total. The number of piperidine rings is 1. The van der Waals surface area contributed by atoms with E-state index >= 15 is 0 Å². The Labute approximate surface area is 138 Å². The summed E-state index contributed by atoms with van der Waals surface area (Å²) in [5, 5.41) is 2.91. The van der Waals surface area contributed by atoms with Crippen molar-refractivity contribution in [3.8, 4) is 0 Å². The molecular weight excluding hydrogens is 316 g/mol. The highest BCUT2D eigenvalue weighted by Gasteiger charge is 2.26. The summed E-state index contributed by atoms with van der Waals surface area (Å²) in [6.07, 6.45) is 2.99. The maximum absolute atomic E-state index is 12.3. The number of nitrogens with one attached hydrogen (secondary N) is 1. The number of carbonyl (C=O) groups excluding carboxylic acids is 1. The van der Waals surface area contributed by atoms with E-state index < -0.39 is 10.0 Å². The SMILES string of the molecule is Cc1oc(C(C)C)cc1C(=O)NC[C@@H]1CCCN(S(C)(=O)=O)C1. The lowest BCUT2D eigenvalue weighted by Crippen LogP contribution is -2.43. The molecule has 1 aliphatic rings. The van der Waals surface area contributed by atoms with Crippen LogP contribution in [0.2, 0.25) is 0 Å². The van der Waals surface area contributed by atoms with Gasteiger partial charge in [0.05, 0.1) is 11.8 Å². The molecule has 23 heavy (non-hydrogen) atoms. The molecule has 1 atom stereocenters. The fourth-order valence-corrected chi connectivity index (χ4v) is 3.78. The Morgan fingerprint density at radius 3 is 2.74 bits per heavy atom. The average Bonchev–Trinajstić information content (AvgIpc) is 2.86. The van der Waals surface area contributed by atoms with Gasteiger partial charge in [-0.2, -0.15) is 0 Å². The number of amides is 1. The highest BCUT2D eigenvalue weighted by atomic mass is 32.2. The number of aryl methyl sites for hydroxylation is 1. The molecule has 7 heteroatoms. The van der Waals surface area contributed by atoms with Crippen LogP contribution in [0, 0.1) is 12.8 Å². The molecule has 1 fully saturated rings. The van der Waals surface area contributed by atoms with Crippen molar-refractivity contribution in [1.29, 1.82) is 0 Å². The summed E-state index contributed by atoms with van der Waals surface area (Å²) >= 11 is 0. The maximum Gasteiger partial charge on any atom is 0.254 e. The summed E-state index contributed by atoms with van der Waals surface area (Å²) in [5.74, 6) is 1.65. The lowest BCUT2D eigenvalue weighted by atomic mass is 9.99. The highest BCUT2D eigenvalue weighted by molar-refractivity contribution is 7.88. The minimum atomic E-state index is -3.16. The van der Waals surface area contributed by atoms with E-state index in [1.807, 2.05) is 13.8 Å². The van der Waals surface area contributed by atoms with E-state index in [-0.39, 0.29) is 17.7 Å². The monoisotopic (exact) mass is 342 g/mol. The van der Waals surface area contributed by atoms with Gasteiger partial charge in [0.25, 0.3) is 5.91 Å². The minimum absolute atomic E-state index is 0.152. The van der Waals surface area contributed by atoms with Gasteiger partial charge in [-0.25, -0.2) is 12.7 Å². The van der Waals surface area contributed by atoms with Gasteiger partial charge in [-0.15, -0.1) is 0 Å². The van der Waals surface area contributed by atoms with Crippen LogP contribution < -0.4 is 5.32 Å². The van der Waals surface area contributed by atoms with Crippen molar-refractivity contribution in [2.45, 2.75) is 39.5 Å². The van der Waals surface area contributed by atoms with Crippen LogP contribution in [-0.4, -0.2) is 44.5 Å². The molecule has 1 N–H and O–H groups in total. The number of carbonyl (C=O) groups is 1. The van der Waals surface area contributed by atoms with Crippen molar-refractivity contribution in [3.05, 3.63) is 23.2 Å². The van der Waals surface area contributed by atoms with Crippen LogP contribution in [0.15, 0.2) is 10.5 Å². The van der Waals surface area contributed by atoms with Crippen LogP contribution in [-0.2, 0) is 10.0 Å². The normalized spacial score (nSPS) is 20.0. The number of nitrogens with zero attached hydrogens (tertiary/aromatic N) is 1. The lowest BCUT2D eigenvalue weighted by Gasteiger charge is -2.30. The van der Waals surface area contributed by atoms with Gasteiger partial charge in [0.15, 0.2) is 0 Å². The van der Waals surface area contributed by atoms with Crippen molar-refractivity contribution in [1.82, 2.24) is 9.62 Å². The Balaban J connectivity index is 1.94. The molecule has 1 aromatic heterocycles. The maximum atomic E-state index is 12.3. The van der Waals surface area contributed by atoms with E-state index in [2.05, 4.69) is 5.32 Å². The predicted molar refractivity (Wildman–Crippen MR) is 89.0 cm³/mol. The number of sulfonamides is 1. The molecule has 0 bridgehead atoms. The second-order valence-corrected chi connectivity index (χ2v) is 8.60. The zero-order chi connectivity index (χ0) is 17.2. The summed E-state index contributed by atoms with van der Waals surface area (Å²) in [4.78, 5) is 12.3.